The third kappa shape index (κ3) is 5.17. The van der Waals surface area contributed by atoms with E-state index < -0.39 is 0 Å². The fraction of sp³-hybridized carbons (Fsp3) is 0.636. The molecule has 2 aliphatic rings. The quantitative estimate of drug-likeness (QED) is 0.747. The average molecular weight is 372 g/mol. The number of rotatable bonds is 7. The lowest BCUT2D eigenvalue weighted by atomic mass is 9.92. The predicted octanol–water partition coefficient (Wildman–Crippen LogP) is 2.99. The van der Waals surface area contributed by atoms with Crippen LogP contribution in [0, 0.1) is 5.92 Å². The van der Waals surface area contributed by atoms with Crippen molar-refractivity contribution in [2.75, 3.05) is 50.7 Å². The lowest BCUT2D eigenvalue weighted by Crippen LogP contribution is -2.44. The molecule has 0 aromatic heterocycles. The third-order valence-electron chi connectivity index (χ3n) is 6.05. The molecule has 0 radical (unpaired) electrons. The number of nitrogens with one attached hydrogen (secondary N) is 1. The van der Waals surface area contributed by atoms with E-state index in [4.69, 9.17) is 0 Å². The zero-order chi connectivity index (χ0) is 19.2. The average Bonchev–Trinajstić information content (AvgIpc) is 2.72. The SMILES string of the molecule is CCC(=O)c1cc(N2CCC(CCN3CCNCC3)CC2)ccc1C(C)=O. The van der Waals surface area contributed by atoms with Gasteiger partial charge in [-0.1, -0.05) is 6.92 Å². The summed E-state index contributed by atoms with van der Waals surface area (Å²) in [6.07, 6.45) is 4.13. The zero-order valence-electron chi connectivity index (χ0n) is 16.8. The molecule has 0 aliphatic carbocycles. The van der Waals surface area contributed by atoms with E-state index in [0.29, 0.717) is 17.5 Å². The van der Waals surface area contributed by atoms with E-state index in [1.54, 1.807) is 0 Å². The normalized spacial score (nSPS) is 19.3. The van der Waals surface area contributed by atoms with E-state index in [1.165, 1.54) is 45.8 Å². The summed E-state index contributed by atoms with van der Waals surface area (Å²) in [6, 6.07) is 5.77. The Bertz CT molecular complexity index is 660. The molecular weight excluding hydrogens is 338 g/mol. The van der Waals surface area contributed by atoms with Gasteiger partial charge in [-0.05, 0) is 56.8 Å². The first kappa shape index (κ1) is 20.0. The van der Waals surface area contributed by atoms with Crippen molar-refractivity contribution in [2.24, 2.45) is 5.92 Å². The van der Waals surface area contributed by atoms with Crippen LogP contribution in [0.25, 0.3) is 0 Å². The largest absolute Gasteiger partial charge is 0.371 e. The van der Waals surface area contributed by atoms with Gasteiger partial charge in [-0.15, -0.1) is 0 Å². The summed E-state index contributed by atoms with van der Waals surface area (Å²) in [5.41, 5.74) is 2.22. The lowest BCUT2D eigenvalue weighted by molar-refractivity contribution is 0.0966. The van der Waals surface area contributed by atoms with Crippen molar-refractivity contribution in [1.82, 2.24) is 10.2 Å². The maximum absolute atomic E-state index is 12.3. The van der Waals surface area contributed by atoms with Crippen LogP contribution in [0.3, 0.4) is 0 Å². The maximum atomic E-state index is 12.3. The number of anilines is 1. The summed E-state index contributed by atoms with van der Waals surface area (Å²) in [5, 5.41) is 3.41. The molecule has 0 amide bonds. The van der Waals surface area contributed by atoms with Crippen LogP contribution in [0.2, 0.25) is 0 Å². The van der Waals surface area contributed by atoms with Gasteiger partial charge in [-0.25, -0.2) is 0 Å². The van der Waals surface area contributed by atoms with Crippen LogP contribution in [-0.2, 0) is 0 Å². The number of hydrogen-bond donors (Lipinski definition) is 1. The molecule has 0 bridgehead atoms. The molecular formula is C22H33N3O2. The van der Waals surface area contributed by atoms with E-state index in [-0.39, 0.29) is 11.6 Å². The Morgan fingerprint density at radius 3 is 2.41 bits per heavy atom. The van der Waals surface area contributed by atoms with Crippen LogP contribution < -0.4 is 10.2 Å². The van der Waals surface area contributed by atoms with Gasteiger partial charge in [0.05, 0.1) is 0 Å². The van der Waals surface area contributed by atoms with Crippen molar-refractivity contribution in [3.63, 3.8) is 0 Å². The number of hydrogen-bond acceptors (Lipinski definition) is 5. The standard InChI is InChI=1S/C22H33N3O2/c1-3-22(27)21-16-19(4-5-20(21)17(2)26)25-12-7-18(8-13-25)6-11-24-14-9-23-10-15-24/h4-5,16,18,23H,3,6-15H2,1-2H3. The van der Waals surface area contributed by atoms with Gasteiger partial charge in [-0.3, -0.25) is 9.59 Å². The first-order valence-electron chi connectivity index (χ1n) is 10.4. The Morgan fingerprint density at radius 1 is 1.07 bits per heavy atom. The van der Waals surface area contributed by atoms with Gasteiger partial charge in [0.15, 0.2) is 11.6 Å². The predicted molar refractivity (Wildman–Crippen MR) is 110 cm³/mol. The molecule has 148 valence electrons. The Kier molecular flexibility index (Phi) is 7.02. The molecule has 1 N–H and O–H groups in total. The molecule has 2 saturated heterocycles. The molecule has 5 nitrogen and oxygen atoms in total. The molecule has 0 atom stereocenters. The summed E-state index contributed by atoms with van der Waals surface area (Å²) in [4.78, 5) is 29.1. The molecule has 1 aromatic rings. The summed E-state index contributed by atoms with van der Waals surface area (Å²) in [5.74, 6) is 0.808. The number of Topliss-reactive ketones (excluding diaryl/α,β-unsaturated/α-hetero) is 2. The molecule has 2 heterocycles. The van der Waals surface area contributed by atoms with Gasteiger partial charge in [0, 0.05) is 62.5 Å². The molecule has 0 spiro atoms. The lowest BCUT2D eigenvalue weighted by Gasteiger charge is -2.35. The first-order chi connectivity index (χ1) is 13.1. The van der Waals surface area contributed by atoms with Crippen molar-refractivity contribution >= 4 is 17.3 Å². The highest BCUT2D eigenvalue weighted by atomic mass is 16.1. The Labute approximate surface area is 163 Å². The fourth-order valence-electron chi connectivity index (χ4n) is 4.24. The van der Waals surface area contributed by atoms with Gasteiger partial charge in [0.2, 0.25) is 0 Å². The van der Waals surface area contributed by atoms with Gasteiger partial charge >= 0.3 is 0 Å². The number of ketones is 2. The monoisotopic (exact) mass is 371 g/mol. The highest BCUT2D eigenvalue weighted by Gasteiger charge is 2.22. The number of carbonyl (C=O) groups is 2. The van der Waals surface area contributed by atoms with Crippen molar-refractivity contribution < 1.29 is 9.59 Å². The number of piperazine rings is 1. The van der Waals surface area contributed by atoms with E-state index in [1.807, 2.05) is 25.1 Å². The molecule has 5 heteroatoms. The molecule has 2 fully saturated rings. The van der Waals surface area contributed by atoms with Crippen LogP contribution in [0.1, 0.15) is 60.2 Å². The molecule has 27 heavy (non-hydrogen) atoms. The summed E-state index contributed by atoms with van der Waals surface area (Å²) in [6.45, 7) is 11.3. The summed E-state index contributed by atoms with van der Waals surface area (Å²) in [7, 11) is 0. The van der Waals surface area contributed by atoms with Gasteiger partial charge in [-0.2, -0.15) is 0 Å². The van der Waals surface area contributed by atoms with Gasteiger partial charge < -0.3 is 15.1 Å². The minimum atomic E-state index is -0.0371. The highest BCUT2D eigenvalue weighted by Crippen LogP contribution is 2.28. The van der Waals surface area contributed by atoms with Crippen molar-refractivity contribution in [3.05, 3.63) is 29.3 Å². The third-order valence-corrected chi connectivity index (χ3v) is 6.05. The molecule has 3 rings (SSSR count). The van der Waals surface area contributed by atoms with Crippen LogP contribution in [0.5, 0.6) is 0 Å². The first-order valence-corrected chi connectivity index (χ1v) is 10.4. The number of nitrogens with zero attached hydrogens (tertiary/aromatic N) is 2. The maximum Gasteiger partial charge on any atom is 0.163 e. The van der Waals surface area contributed by atoms with Crippen LogP contribution in [0.4, 0.5) is 5.69 Å². The van der Waals surface area contributed by atoms with E-state index >= 15 is 0 Å². The van der Waals surface area contributed by atoms with E-state index in [0.717, 1.165) is 37.8 Å². The summed E-state index contributed by atoms with van der Waals surface area (Å²) >= 11 is 0. The Balaban J connectivity index is 1.57. The molecule has 2 aliphatic heterocycles. The van der Waals surface area contributed by atoms with Crippen LogP contribution in [0.15, 0.2) is 18.2 Å². The van der Waals surface area contributed by atoms with Crippen molar-refractivity contribution in [1.29, 1.82) is 0 Å². The fourth-order valence-corrected chi connectivity index (χ4v) is 4.24. The molecule has 0 unspecified atom stereocenters. The second kappa shape index (κ2) is 9.47. The van der Waals surface area contributed by atoms with Crippen molar-refractivity contribution in [2.45, 2.75) is 39.5 Å². The van der Waals surface area contributed by atoms with Gasteiger partial charge in [0.25, 0.3) is 0 Å². The van der Waals surface area contributed by atoms with E-state index in [9.17, 15) is 9.59 Å². The van der Waals surface area contributed by atoms with Gasteiger partial charge in [0.1, 0.15) is 0 Å². The Hall–Kier alpha value is -1.72. The number of carbonyl (C=O) groups excluding carboxylic acids is 2. The Morgan fingerprint density at radius 2 is 1.78 bits per heavy atom. The van der Waals surface area contributed by atoms with E-state index in [2.05, 4.69) is 15.1 Å². The topological polar surface area (TPSA) is 52.7 Å². The summed E-state index contributed by atoms with van der Waals surface area (Å²) < 4.78 is 0. The zero-order valence-corrected chi connectivity index (χ0v) is 16.8. The molecule has 1 aromatic carbocycles. The number of benzene rings is 1. The minimum absolute atomic E-state index is 0.0371. The second-order valence-corrected chi connectivity index (χ2v) is 7.87. The minimum Gasteiger partial charge on any atom is -0.371 e. The number of piperidine rings is 1. The van der Waals surface area contributed by atoms with Crippen molar-refractivity contribution in [3.8, 4) is 0 Å². The smallest absolute Gasteiger partial charge is 0.163 e. The van der Waals surface area contributed by atoms with Crippen LogP contribution in [-0.4, -0.2) is 62.3 Å². The molecule has 0 saturated carbocycles. The second-order valence-electron chi connectivity index (χ2n) is 7.87. The highest BCUT2D eigenvalue weighted by molar-refractivity contribution is 6.08. The van der Waals surface area contributed by atoms with Crippen LogP contribution >= 0.6 is 0 Å².